The van der Waals surface area contributed by atoms with E-state index in [1.165, 1.54) is 22.3 Å². The smallest absolute Gasteiger partial charge is 0.123 e. The van der Waals surface area contributed by atoms with Crippen LogP contribution in [0, 0.1) is 0 Å². The highest BCUT2D eigenvalue weighted by Crippen LogP contribution is 2.47. The third-order valence-corrected chi connectivity index (χ3v) is 6.74. The minimum absolute atomic E-state index is 0.0169. The van der Waals surface area contributed by atoms with Gasteiger partial charge in [-0.05, 0) is 74.1 Å². The van der Waals surface area contributed by atoms with Crippen molar-refractivity contribution in [2.24, 2.45) is 11.5 Å². The average molecular weight is 395 g/mol. The molecule has 1 unspecified atom stereocenters. The summed E-state index contributed by atoms with van der Waals surface area (Å²) in [4.78, 5) is 8.96. The Kier molecular flexibility index (Phi) is 5.63. The maximum absolute atomic E-state index is 6.60. The van der Waals surface area contributed by atoms with Crippen molar-refractivity contribution in [2.75, 3.05) is 6.54 Å². The molecule has 1 aromatic heterocycles. The lowest BCUT2D eigenvalue weighted by Gasteiger charge is -2.36. The summed E-state index contributed by atoms with van der Waals surface area (Å²) in [7, 11) is 0. The zero-order valence-corrected chi connectivity index (χ0v) is 17.9. The summed E-state index contributed by atoms with van der Waals surface area (Å²) < 4.78 is 6.60. The third kappa shape index (κ3) is 3.90. The van der Waals surface area contributed by atoms with Gasteiger partial charge >= 0.3 is 0 Å². The van der Waals surface area contributed by atoms with E-state index in [1.54, 1.807) is 6.33 Å². The zero-order chi connectivity index (χ0) is 20.6. The molecule has 2 aliphatic carbocycles. The molecule has 1 atom stereocenters. The van der Waals surface area contributed by atoms with Gasteiger partial charge in [-0.2, -0.15) is 0 Å². The third-order valence-electron chi connectivity index (χ3n) is 6.74. The molecule has 156 valence electrons. The molecule has 1 aromatic carbocycles. The molecule has 0 radical (unpaired) electrons. The highest BCUT2D eigenvalue weighted by Gasteiger charge is 2.35. The van der Waals surface area contributed by atoms with Gasteiger partial charge in [0.05, 0.1) is 11.8 Å². The molecule has 1 saturated carbocycles. The predicted molar refractivity (Wildman–Crippen MR) is 117 cm³/mol. The van der Waals surface area contributed by atoms with Crippen LogP contribution in [0.5, 0.6) is 5.75 Å². The Hall–Kier alpha value is -1.98. The van der Waals surface area contributed by atoms with Crippen molar-refractivity contribution in [3.05, 3.63) is 41.3 Å². The average Bonchev–Trinajstić information content (AvgIpc) is 2.69. The number of benzene rings is 1. The van der Waals surface area contributed by atoms with Crippen molar-refractivity contribution in [2.45, 2.75) is 82.8 Å². The zero-order valence-electron chi connectivity index (χ0n) is 17.9. The second kappa shape index (κ2) is 8.04. The van der Waals surface area contributed by atoms with Crippen molar-refractivity contribution < 1.29 is 4.74 Å². The van der Waals surface area contributed by atoms with Crippen LogP contribution in [0.1, 0.15) is 75.5 Å². The van der Waals surface area contributed by atoms with Crippen molar-refractivity contribution in [3.8, 4) is 17.0 Å². The normalized spacial score (nSPS) is 23.8. The molecule has 0 aliphatic heterocycles. The number of nitrogens with two attached hydrogens (primary N) is 2. The van der Waals surface area contributed by atoms with Gasteiger partial charge in [0.25, 0.3) is 0 Å². The van der Waals surface area contributed by atoms with Crippen molar-refractivity contribution in [1.82, 2.24) is 9.97 Å². The number of ether oxygens (including phenoxy) is 1. The Morgan fingerprint density at radius 2 is 1.97 bits per heavy atom. The van der Waals surface area contributed by atoms with Crippen LogP contribution in [-0.4, -0.2) is 28.7 Å². The van der Waals surface area contributed by atoms with Gasteiger partial charge < -0.3 is 16.2 Å². The van der Waals surface area contributed by atoms with Crippen LogP contribution >= 0.6 is 0 Å². The number of hydrogen-bond donors (Lipinski definition) is 2. The summed E-state index contributed by atoms with van der Waals surface area (Å²) in [6.07, 6.45) is 9.94. The summed E-state index contributed by atoms with van der Waals surface area (Å²) >= 11 is 0. The van der Waals surface area contributed by atoms with E-state index in [2.05, 4.69) is 42.9 Å². The fourth-order valence-corrected chi connectivity index (χ4v) is 5.06. The van der Waals surface area contributed by atoms with Crippen LogP contribution in [0.15, 0.2) is 24.7 Å². The van der Waals surface area contributed by atoms with Gasteiger partial charge in [0, 0.05) is 28.9 Å². The molecule has 0 amide bonds. The van der Waals surface area contributed by atoms with Crippen LogP contribution < -0.4 is 16.2 Å². The summed E-state index contributed by atoms with van der Waals surface area (Å²) in [5.41, 5.74) is 18.2. The van der Waals surface area contributed by atoms with Gasteiger partial charge in [-0.3, -0.25) is 0 Å². The first-order valence-corrected chi connectivity index (χ1v) is 11.0. The quantitative estimate of drug-likeness (QED) is 0.798. The lowest BCUT2D eigenvalue weighted by Crippen LogP contribution is -2.32. The van der Waals surface area contributed by atoms with E-state index in [0.717, 1.165) is 50.0 Å². The first-order chi connectivity index (χ1) is 13.9. The predicted octanol–water partition coefficient (Wildman–Crippen LogP) is 4.08. The molecule has 0 spiro atoms. The molecule has 0 bridgehead atoms. The van der Waals surface area contributed by atoms with Gasteiger partial charge in [0.15, 0.2) is 0 Å². The highest BCUT2D eigenvalue weighted by molar-refractivity contribution is 5.74. The minimum Gasteiger partial charge on any atom is -0.490 e. The van der Waals surface area contributed by atoms with Gasteiger partial charge in [-0.25, -0.2) is 9.97 Å². The minimum atomic E-state index is -0.0169. The Bertz CT molecular complexity index is 871. The molecule has 1 heterocycles. The van der Waals surface area contributed by atoms with Gasteiger partial charge in [-0.1, -0.05) is 20.8 Å². The van der Waals surface area contributed by atoms with E-state index in [-0.39, 0.29) is 11.5 Å². The van der Waals surface area contributed by atoms with Crippen LogP contribution in [0.25, 0.3) is 11.3 Å². The molecule has 5 heteroatoms. The Labute approximate surface area is 174 Å². The molecule has 5 nitrogen and oxygen atoms in total. The van der Waals surface area contributed by atoms with Gasteiger partial charge in [-0.15, -0.1) is 0 Å². The van der Waals surface area contributed by atoms with Gasteiger partial charge in [0.2, 0.25) is 0 Å². The number of fused-ring (bicyclic) bond motifs is 3. The SMILES string of the molecule is CC(CCN)c1c(OC2CCC(N)CC2)ccc2c1CC(C)(C)c1cncnc1-2. The lowest BCUT2D eigenvalue weighted by molar-refractivity contribution is 0.145. The van der Waals surface area contributed by atoms with Crippen molar-refractivity contribution in [3.63, 3.8) is 0 Å². The molecule has 1 fully saturated rings. The number of rotatable bonds is 5. The first-order valence-electron chi connectivity index (χ1n) is 11.0. The fourth-order valence-electron chi connectivity index (χ4n) is 5.06. The molecule has 4 rings (SSSR count). The largest absolute Gasteiger partial charge is 0.490 e. The maximum atomic E-state index is 6.60. The Morgan fingerprint density at radius 1 is 1.21 bits per heavy atom. The summed E-state index contributed by atoms with van der Waals surface area (Å²) in [5, 5.41) is 0. The second-order valence-corrected chi connectivity index (χ2v) is 9.48. The van der Waals surface area contributed by atoms with E-state index in [0.29, 0.717) is 18.5 Å². The van der Waals surface area contributed by atoms with Crippen LogP contribution in [0.4, 0.5) is 0 Å². The number of nitrogens with zero attached hydrogens (tertiary/aromatic N) is 2. The van der Waals surface area contributed by atoms with Crippen molar-refractivity contribution >= 4 is 0 Å². The molecular formula is C24H34N4O. The van der Waals surface area contributed by atoms with E-state index in [4.69, 9.17) is 16.2 Å². The monoisotopic (exact) mass is 394 g/mol. The number of hydrogen-bond acceptors (Lipinski definition) is 5. The summed E-state index contributed by atoms with van der Waals surface area (Å²) in [6, 6.07) is 4.67. The summed E-state index contributed by atoms with van der Waals surface area (Å²) in [6.45, 7) is 7.51. The Balaban J connectivity index is 1.79. The number of aromatic nitrogens is 2. The lowest BCUT2D eigenvalue weighted by atomic mass is 9.70. The van der Waals surface area contributed by atoms with Gasteiger partial charge in [0.1, 0.15) is 12.1 Å². The van der Waals surface area contributed by atoms with E-state index in [1.807, 2.05) is 6.20 Å². The molecule has 0 saturated heterocycles. The van der Waals surface area contributed by atoms with Crippen LogP contribution in [0.3, 0.4) is 0 Å². The molecule has 2 aromatic rings. The highest BCUT2D eigenvalue weighted by atomic mass is 16.5. The molecule has 4 N–H and O–H groups in total. The van der Waals surface area contributed by atoms with E-state index in [9.17, 15) is 0 Å². The van der Waals surface area contributed by atoms with Crippen LogP contribution in [-0.2, 0) is 11.8 Å². The van der Waals surface area contributed by atoms with E-state index >= 15 is 0 Å². The van der Waals surface area contributed by atoms with Crippen molar-refractivity contribution in [1.29, 1.82) is 0 Å². The van der Waals surface area contributed by atoms with Crippen LogP contribution in [0.2, 0.25) is 0 Å². The maximum Gasteiger partial charge on any atom is 0.123 e. The van der Waals surface area contributed by atoms with E-state index < -0.39 is 0 Å². The Morgan fingerprint density at radius 3 is 2.69 bits per heavy atom. The summed E-state index contributed by atoms with van der Waals surface area (Å²) in [5.74, 6) is 1.37. The topological polar surface area (TPSA) is 87.0 Å². The fraction of sp³-hybridized carbons (Fsp3) is 0.583. The molecule has 2 aliphatic rings. The molecule has 29 heavy (non-hydrogen) atoms. The standard InChI is InChI=1S/C24H34N4O/c1-15(10-11-25)22-19-12-24(2,3)20-13-27-14-28-23(20)18(19)8-9-21(22)29-17-6-4-16(26)5-7-17/h8-9,13-17H,4-7,10-12,25-26H2,1-3H3. The second-order valence-electron chi connectivity index (χ2n) is 9.48. The molecular weight excluding hydrogens is 360 g/mol. The first kappa shape index (κ1) is 20.3.